The molecule has 28 heavy (non-hydrogen) atoms. The molecular weight excluding hydrogens is 368 g/mol. The standard InChI is InChI=1S/C22H30N4OS/c1-2-25-10-12-26(13-11-25)21-9-8-17(15-23-21)16-24-22(27)20-14-18-6-4-3-5-7-19(18)28-20/h8-9,14-15H,2-7,10-13,16H2,1H3,(H,24,27). The van der Waals surface area contributed by atoms with Crippen molar-refractivity contribution in [1.29, 1.82) is 0 Å². The van der Waals surface area contributed by atoms with Crippen molar-refractivity contribution >= 4 is 23.1 Å². The first kappa shape index (κ1) is 19.4. The molecule has 1 amide bonds. The van der Waals surface area contributed by atoms with Crippen LogP contribution in [0.4, 0.5) is 5.82 Å². The Morgan fingerprint density at radius 1 is 1.14 bits per heavy atom. The number of aromatic nitrogens is 1. The molecule has 0 bridgehead atoms. The van der Waals surface area contributed by atoms with Crippen LogP contribution in [-0.4, -0.2) is 48.5 Å². The van der Waals surface area contributed by atoms with Crippen LogP contribution in [0.2, 0.25) is 0 Å². The molecule has 2 aliphatic rings. The van der Waals surface area contributed by atoms with E-state index in [-0.39, 0.29) is 5.91 Å². The molecule has 0 spiro atoms. The molecule has 2 aromatic heterocycles. The van der Waals surface area contributed by atoms with Crippen LogP contribution in [0.3, 0.4) is 0 Å². The number of carbonyl (C=O) groups excluding carboxylic acids is 1. The Kier molecular flexibility index (Phi) is 6.27. The van der Waals surface area contributed by atoms with Crippen LogP contribution in [-0.2, 0) is 19.4 Å². The summed E-state index contributed by atoms with van der Waals surface area (Å²) in [5.41, 5.74) is 2.43. The molecule has 0 aromatic carbocycles. The molecule has 4 rings (SSSR count). The quantitative estimate of drug-likeness (QED) is 0.784. The zero-order valence-electron chi connectivity index (χ0n) is 16.7. The van der Waals surface area contributed by atoms with E-state index < -0.39 is 0 Å². The smallest absolute Gasteiger partial charge is 0.261 e. The highest BCUT2D eigenvalue weighted by Crippen LogP contribution is 2.29. The minimum Gasteiger partial charge on any atom is -0.354 e. The molecule has 0 unspecified atom stereocenters. The number of hydrogen-bond acceptors (Lipinski definition) is 5. The fraction of sp³-hybridized carbons (Fsp3) is 0.545. The predicted molar refractivity (Wildman–Crippen MR) is 115 cm³/mol. The average Bonchev–Trinajstić information content (AvgIpc) is 3.03. The van der Waals surface area contributed by atoms with E-state index in [1.54, 1.807) is 11.3 Å². The summed E-state index contributed by atoms with van der Waals surface area (Å²) in [6.45, 7) is 8.11. The number of piperazine rings is 1. The summed E-state index contributed by atoms with van der Waals surface area (Å²) in [5.74, 6) is 1.07. The number of rotatable bonds is 5. The number of aryl methyl sites for hydroxylation is 2. The number of carbonyl (C=O) groups is 1. The highest BCUT2D eigenvalue weighted by Gasteiger charge is 2.18. The summed E-state index contributed by atoms with van der Waals surface area (Å²) in [5, 5.41) is 3.06. The van der Waals surface area contributed by atoms with E-state index in [2.05, 4.69) is 45.2 Å². The molecule has 6 heteroatoms. The van der Waals surface area contributed by atoms with Crippen molar-refractivity contribution in [2.75, 3.05) is 37.6 Å². The van der Waals surface area contributed by atoms with Crippen LogP contribution in [0, 0.1) is 0 Å². The Bertz CT molecular complexity index is 770. The van der Waals surface area contributed by atoms with Crippen LogP contribution in [0.1, 0.15) is 51.9 Å². The first-order valence-corrected chi connectivity index (χ1v) is 11.4. The van der Waals surface area contributed by atoms with Crippen molar-refractivity contribution in [3.8, 4) is 0 Å². The molecule has 1 aliphatic heterocycles. The van der Waals surface area contributed by atoms with Crippen LogP contribution < -0.4 is 10.2 Å². The van der Waals surface area contributed by atoms with Gasteiger partial charge in [0.25, 0.3) is 5.91 Å². The van der Waals surface area contributed by atoms with E-state index >= 15 is 0 Å². The lowest BCUT2D eigenvalue weighted by Crippen LogP contribution is -2.46. The fourth-order valence-corrected chi connectivity index (χ4v) is 5.22. The van der Waals surface area contributed by atoms with Crippen molar-refractivity contribution in [2.45, 2.75) is 45.6 Å². The van der Waals surface area contributed by atoms with Crippen molar-refractivity contribution in [1.82, 2.24) is 15.2 Å². The predicted octanol–water partition coefficient (Wildman–Crippen LogP) is 3.48. The largest absolute Gasteiger partial charge is 0.354 e. The van der Waals surface area contributed by atoms with Crippen molar-refractivity contribution in [2.24, 2.45) is 0 Å². The third-order valence-corrected chi connectivity index (χ3v) is 7.11. The number of pyridine rings is 1. The molecular formula is C22H30N4OS. The van der Waals surface area contributed by atoms with Crippen molar-refractivity contribution in [3.05, 3.63) is 45.3 Å². The highest BCUT2D eigenvalue weighted by atomic mass is 32.1. The maximum absolute atomic E-state index is 12.6. The summed E-state index contributed by atoms with van der Waals surface area (Å²) in [6, 6.07) is 6.27. The SMILES string of the molecule is CCN1CCN(c2ccc(CNC(=O)c3cc4c(s3)CCCCC4)cn2)CC1. The second-order valence-electron chi connectivity index (χ2n) is 7.75. The van der Waals surface area contributed by atoms with E-state index in [9.17, 15) is 4.79 Å². The maximum Gasteiger partial charge on any atom is 0.261 e. The number of fused-ring (bicyclic) bond motifs is 1. The lowest BCUT2D eigenvalue weighted by atomic mass is 10.1. The van der Waals surface area contributed by atoms with E-state index in [0.29, 0.717) is 6.54 Å². The summed E-state index contributed by atoms with van der Waals surface area (Å²) < 4.78 is 0. The van der Waals surface area contributed by atoms with Crippen LogP contribution in [0.15, 0.2) is 24.4 Å². The fourth-order valence-electron chi connectivity index (χ4n) is 4.05. The highest BCUT2D eigenvalue weighted by molar-refractivity contribution is 7.14. The number of anilines is 1. The molecule has 0 saturated carbocycles. The molecule has 1 aliphatic carbocycles. The first-order chi connectivity index (χ1) is 13.7. The van der Waals surface area contributed by atoms with Gasteiger partial charge in [0.05, 0.1) is 4.88 Å². The van der Waals surface area contributed by atoms with Gasteiger partial charge >= 0.3 is 0 Å². The molecule has 3 heterocycles. The minimum atomic E-state index is 0.0397. The number of nitrogens with zero attached hydrogens (tertiary/aromatic N) is 3. The van der Waals surface area contributed by atoms with Gasteiger partial charge in [0.1, 0.15) is 5.82 Å². The Hall–Kier alpha value is -1.92. The monoisotopic (exact) mass is 398 g/mol. The summed E-state index contributed by atoms with van der Waals surface area (Å²) in [4.78, 5) is 24.3. The van der Waals surface area contributed by atoms with Gasteiger partial charge in [-0.15, -0.1) is 11.3 Å². The van der Waals surface area contributed by atoms with Gasteiger partial charge in [-0.2, -0.15) is 0 Å². The van der Waals surface area contributed by atoms with Crippen LogP contribution in [0.5, 0.6) is 0 Å². The summed E-state index contributed by atoms with van der Waals surface area (Å²) >= 11 is 1.68. The topological polar surface area (TPSA) is 48.5 Å². The Balaban J connectivity index is 1.31. The molecule has 1 N–H and O–H groups in total. The number of amides is 1. The number of thiophene rings is 1. The number of nitrogens with one attached hydrogen (secondary N) is 1. The molecule has 5 nitrogen and oxygen atoms in total. The zero-order valence-corrected chi connectivity index (χ0v) is 17.6. The van der Waals surface area contributed by atoms with E-state index in [4.69, 9.17) is 0 Å². The Morgan fingerprint density at radius 2 is 1.96 bits per heavy atom. The molecule has 1 fully saturated rings. The molecule has 0 atom stereocenters. The lowest BCUT2D eigenvalue weighted by molar-refractivity contribution is 0.0955. The summed E-state index contributed by atoms with van der Waals surface area (Å²) in [6.07, 6.45) is 7.95. The van der Waals surface area contributed by atoms with Gasteiger partial charge in [0.15, 0.2) is 0 Å². The van der Waals surface area contributed by atoms with Gasteiger partial charge in [-0.05, 0) is 55.5 Å². The van der Waals surface area contributed by atoms with Crippen molar-refractivity contribution < 1.29 is 4.79 Å². The van der Waals surface area contributed by atoms with Gasteiger partial charge in [0.2, 0.25) is 0 Å². The second-order valence-corrected chi connectivity index (χ2v) is 8.89. The third kappa shape index (κ3) is 4.55. The second kappa shape index (κ2) is 9.05. The Labute approximate surface area is 171 Å². The van der Waals surface area contributed by atoms with Crippen LogP contribution >= 0.6 is 11.3 Å². The zero-order chi connectivity index (χ0) is 19.3. The van der Waals surface area contributed by atoms with Gasteiger partial charge in [0, 0.05) is 43.8 Å². The maximum atomic E-state index is 12.6. The third-order valence-electron chi connectivity index (χ3n) is 5.88. The van der Waals surface area contributed by atoms with Gasteiger partial charge in [-0.25, -0.2) is 4.98 Å². The Morgan fingerprint density at radius 3 is 2.71 bits per heavy atom. The molecule has 1 saturated heterocycles. The van der Waals surface area contributed by atoms with Crippen LogP contribution in [0.25, 0.3) is 0 Å². The van der Waals surface area contributed by atoms with Gasteiger partial charge < -0.3 is 15.1 Å². The van der Waals surface area contributed by atoms with Gasteiger partial charge in [-0.3, -0.25) is 4.79 Å². The normalized spacial score (nSPS) is 17.8. The summed E-state index contributed by atoms with van der Waals surface area (Å²) in [7, 11) is 0. The number of likely N-dealkylation sites (N-methyl/N-ethyl adjacent to an activating group) is 1. The first-order valence-electron chi connectivity index (χ1n) is 10.5. The average molecular weight is 399 g/mol. The molecule has 0 radical (unpaired) electrons. The van der Waals surface area contributed by atoms with E-state index in [0.717, 1.165) is 61.8 Å². The van der Waals surface area contributed by atoms with E-state index in [1.807, 2.05) is 6.20 Å². The molecule has 150 valence electrons. The minimum absolute atomic E-state index is 0.0397. The van der Waals surface area contributed by atoms with Crippen molar-refractivity contribution in [3.63, 3.8) is 0 Å². The van der Waals surface area contributed by atoms with Gasteiger partial charge in [-0.1, -0.05) is 19.4 Å². The van der Waals surface area contributed by atoms with E-state index in [1.165, 1.54) is 29.7 Å². The molecule has 2 aromatic rings. The lowest BCUT2D eigenvalue weighted by Gasteiger charge is -2.34. The number of hydrogen-bond donors (Lipinski definition) is 1.